The van der Waals surface area contributed by atoms with Crippen LogP contribution >= 0.6 is 0 Å². The van der Waals surface area contributed by atoms with Gasteiger partial charge in [0.25, 0.3) is 11.8 Å². The van der Waals surface area contributed by atoms with E-state index < -0.39 is 35.0 Å². The molecule has 1 unspecified atom stereocenters. The van der Waals surface area contributed by atoms with Crippen molar-refractivity contribution in [1.82, 2.24) is 16.0 Å². The molecule has 3 amide bonds. The van der Waals surface area contributed by atoms with Gasteiger partial charge in [0.2, 0.25) is 5.91 Å². The van der Waals surface area contributed by atoms with Crippen LogP contribution in [0.15, 0.2) is 42.5 Å². The molecule has 0 fully saturated rings. The van der Waals surface area contributed by atoms with Gasteiger partial charge in [0.15, 0.2) is 11.6 Å². The second-order valence-electron chi connectivity index (χ2n) is 7.48. The van der Waals surface area contributed by atoms with Gasteiger partial charge in [0.1, 0.15) is 6.04 Å². The molecule has 0 aliphatic rings. The first-order chi connectivity index (χ1) is 13.5. The number of halogens is 2. The average molecular weight is 403 g/mol. The lowest BCUT2D eigenvalue weighted by Gasteiger charge is -2.20. The number of benzene rings is 2. The van der Waals surface area contributed by atoms with Crippen molar-refractivity contribution in [3.05, 3.63) is 70.8 Å². The average Bonchev–Trinajstić information content (AvgIpc) is 2.66. The smallest absolute Gasteiger partial charge is 0.252 e. The predicted octanol–water partition coefficient (Wildman–Crippen LogP) is 2.71. The molecule has 6 nitrogen and oxygen atoms in total. The topological polar surface area (TPSA) is 87.3 Å². The Kier molecular flexibility index (Phi) is 6.68. The normalized spacial score (nSPS) is 12.1. The Balaban J connectivity index is 2.20. The Labute approximate surface area is 167 Å². The Morgan fingerprint density at radius 2 is 1.41 bits per heavy atom. The lowest BCUT2D eigenvalue weighted by atomic mass is 10.0. The van der Waals surface area contributed by atoms with E-state index in [1.54, 1.807) is 0 Å². The molecule has 0 bridgehead atoms. The predicted molar refractivity (Wildman–Crippen MR) is 104 cm³/mol. The number of carbonyl (C=O) groups excluding carboxylic acids is 3. The second kappa shape index (κ2) is 8.81. The summed E-state index contributed by atoms with van der Waals surface area (Å²) in [6.45, 7) is 5.55. The van der Waals surface area contributed by atoms with E-state index in [2.05, 4.69) is 16.0 Å². The summed E-state index contributed by atoms with van der Waals surface area (Å²) < 4.78 is 26.7. The van der Waals surface area contributed by atoms with E-state index in [1.807, 2.05) is 20.8 Å². The molecule has 0 aliphatic heterocycles. The maximum absolute atomic E-state index is 13.5. The van der Waals surface area contributed by atoms with Crippen molar-refractivity contribution in [3.8, 4) is 0 Å². The summed E-state index contributed by atoms with van der Waals surface area (Å²) >= 11 is 0. The van der Waals surface area contributed by atoms with Gasteiger partial charge in [-0.05, 0) is 62.7 Å². The first kappa shape index (κ1) is 22.0. The van der Waals surface area contributed by atoms with Gasteiger partial charge >= 0.3 is 0 Å². The molecule has 0 saturated heterocycles. The number of rotatable bonds is 5. The summed E-state index contributed by atoms with van der Waals surface area (Å²) in [4.78, 5) is 36.9. The third kappa shape index (κ3) is 5.84. The fourth-order valence-corrected chi connectivity index (χ4v) is 2.54. The van der Waals surface area contributed by atoms with Gasteiger partial charge in [0.05, 0.1) is 0 Å². The highest BCUT2D eigenvalue weighted by Gasteiger charge is 2.24. The van der Waals surface area contributed by atoms with Crippen LogP contribution in [0.25, 0.3) is 0 Å². The zero-order valence-electron chi connectivity index (χ0n) is 16.6. The van der Waals surface area contributed by atoms with Crippen molar-refractivity contribution < 1.29 is 23.2 Å². The van der Waals surface area contributed by atoms with Crippen LogP contribution in [0, 0.1) is 11.6 Å². The monoisotopic (exact) mass is 403 g/mol. The molecule has 0 saturated carbocycles. The summed E-state index contributed by atoms with van der Waals surface area (Å²) in [5, 5.41) is 7.68. The van der Waals surface area contributed by atoms with E-state index >= 15 is 0 Å². The summed E-state index contributed by atoms with van der Waals surface area (Å²) in [7, 11) is 1.37. The van der Waals surface area contributed by atoms with Crippen LogP contribution in [0.3, 0.4) is 0 Å². The van der Waals surface area contributed by atoms with Crippen molar-refractivity contribution in [2.24, 2.45) is 0 Å². The molecule has 8 heteroatoms. The molecule has 0 spiro atoms. The van der Waals surface area contributed by atoms with Crippen LogP contribution < -0.4 is 16.0 Å². The molecule has 29 heavy (non-hydrogen) atoms. The van der Waals surface area contributed by atoms with Crippen LogP contribution in [-0.2, 0) is 4.79 Å². The second-order valence-corrected chi connectivity index (χ2v) is 7.48. The van der Waals surface area contributed by atoms with E-state index in [0.29, 0.717) is 5.56 Å². The highest BCUT2D eigenvalue weighted by Crippen LogP contribution is 2.18. The molecular formula is C21H23F2N3O3. The van der Waals surface area contributed by atoms with E-state index in [0.717, 1.165) is 12.1 Å². The zero-order valence-corrected chi connectivity index (χ0v) is 16.6. The quantitative estimate of drug-likeness (QED) is 0.717. The Morgan fingerprint density at radius 3 is 1.90 bits per heavy atom. The van der Waals surface area contributed by atoms with Gasteiger partial charge in [-0.25, -0.2) is 8.78 Å². The van der Waals surface area contributed by atoms with Crippen molar-refractivity contribution in [2.75, 3.05) is 7.05 Å². The molecule has 0 aromatic heterocycles. The number of hydrogen-bond acceptors (Lipinski definition) is 3. The van der Waals surface area contributed by atoms with Crippen LogP contribution in [0.5, 0.6) is 0 Å². The third-order valence-corrected chi connectivity index (χ3v) is 3.96. The molecule has 0 radical (unpaired) electrons. The minimum Gasteiger partial charge on any atom is -0.357 e. The summed E-state index contributed by atoms with van der Waals surface area (Å²) in [5.41, 5.74) is 0.268. The number of hydrogen-bond donors (Lipinski definition) is 3. The van der Waals surface area contributed by atoms with E-state index in [-0.39, 0.29) is 17.0 Å². The number of likely N-dealkylation sites (N-methyl/N-ethyl adjacent to an activating group) is 1. The lowest BCUT2D eigenvalue weighted by molar-refractivity contribution is -0.122. The Bertz CT molecular complexity index is 922. The van der Waals surface area contributed by atoms with Crippen LogP contribution in [0.2, 0.25) is 0 Å². The maximum atomic E-state index is 13.5. The highest BCUT2D eigenvalue weighted by atomic mass is 19.2. The molecule has 1 atom stereocenters. The SMILES string of the molecule is CNC(=O)C(NC(=O)c1ccc(C(=O)NC(C)(C)C)cc1)c1ccc(F)c(F)c1. The molecule has 2 rings (SSSR count). The number of carbonyl (C=O) groups is 3. The van der Waals surface area contributed by atoms with Gasteiger partial charge < -0.3 is 16.0 Å². The van der Waals surface area contributed by atoms with Gasteiger partial charge in [-0.1, -0.05) is 6.07 Å². The van der Waals surface area contributed by atoms with Crippen molar-refractivity contribution in [1.29, 1.82) is 0 Å². The standard InChI is InChI=1S/C21H23F2N3O3/c1-21(2,3)26-19(28)13-7-5-12(6-8-13)18(27)25-17(20(29)24-4)14-9-10-15(22)16(23)11-14/h5-11,17H,1-4H3,(H,24,29)(H,25,27)(H,26,28). The molecule has 154 valence electrons. The van der Waals surface area contributed by atoms with Crippen molar-refractivity contribution >= 4 is 17.7 Å². The van der Waals surface area contributed by atoms with Gasteiger partial charge in [-0.2, -0.15) is 0 Å². The molecule has 2 aromatic rings. The highest BCUT2D eigenvalue weighted by molar-refractivity contribution is 5.99. The van der Waals surface area contributed by atoms with E-state index in [4.69, 9.17) is 0 Å². The number of nitrogens with one attached hydrogen (secondary N) is 3. The van der Waals surface area contributed by atoms with Crippen LogP contribution in [0.4, 0.5) is 8.78 Å². The minimum atomic E-state index is -1.22. The fourth-order valence-electron chi connectivity index (χ4n) is 2.54. The van der Waals surface area contributed by atoms with E-state index in [1.165, 1.54) is 37.4 Å². The minimum absolute atomic E-state index is 0.0952. The summed E-state index contributed by atoms with van der Waals surface area (Å²) in [5.74, 6) is -3.66. The Hall–Kier alpha value is -3.29. The maximum Gasteiger partial charge on any atom is 0.252 e. The van der Waals surface area contributed by atoms with Gasteiger partial charge in [0, 0.05) is 23.7 Å². The first-order valence-corrected chi connectivity index (χ1v) is 8.92. The summed E-state index contributed by atoms with van der Waals surface area (Å²) in [6, 6.07) is 7.61. The van der Waals surface area contributed by atoms with E-state index in [9.17, 15) is 23.2 Å². The van der Waals surface area contributed by atoms with Crippen molar-refractivity contribution in [3.63, 3.8) is 0 Å². The van der Waals surface area contributed by atoms with Crippen LogP contribution in [0.1, 0.15) is 53.1 Å². The number of amides is 3. The first-order valence-electron chi connectivity index (χ1n) is 8.92. The lowest BCUT2D eigenvalue weighted by Crippen LogP contribution is -2.40. The molecule has 0 aliphatic carbocycles. The van der Waals surface area contributed by atoms with Crippen LogP contribution in [-0.4, -0.2) is 30.3 Å². The zero-order chi connectivity index (χ0) is 21.8. The summed E-state index contributed by atoms with van der Waals surface area (Å²) in [6.07, 6.45) is 0. The molecule has 2 aromatic carbocycles. The molecular weight excluding hydrogens is 380 g/mol. The molecule has 3 N–H and O–H groups in total. The third-order valence-electron chi connectivity index (χ3n) is 3.96. The largest absolute Gasteiger partial charge is 0.357 e. The Morgan fingerprint density at radius 1 is 0.862 bits per heavy atom. The van der Waals surface area contributed by atoms with Gasteiger partial charge in [-0.3, -0.25) is 14.4 Å². The fraction of sp³-hybridized carbons (Fsp3) is 0.286. The molecule has 0 heterocycles. The van der Waals surface area contributed by atoms with Gasteiger partial charge in [-0.15, -0.1) is 0 Å². The van der Waals surface area contributed by atoms with Crippen molar-refractivity contribution in [2.45, 2.75) is 32.4 Å².